The van der Waals surface area contributed by atoms with Crippen LogP contribution in [0.2, 0.25) is 0 Å². The summed E-state index contributed by atoms with van der Waals surface area (Å²) in [5.41, 5.74) is 4.69. The van der Waals surface area contributed by atoms with Crippen molar-refractivity contribution in [3.8, 4) is 5.75 Å². The van der Waals surface area contributed by atoms with Crippen molar-refractivity contribution >= 4 is 5.96 Å². The number of nitrogens with one attached hydrogen (secondary N) is 2. The van der Waals surface area contributed by atoms with Crippen molar-refractivity contribution in [2.24, 2.45) is 4.99 Å². The molecule has 0 fully saturated rings. The van der Waals surface area contributed by atoms with Gasteiger partial charge in [0, 0.05) is 32.3 Å². The fraction of sp³-hybridized carbons (Fsp3) is 0.409. The van der Waals surface area contributed by atoms with E-state index < -0.39 is 0 Å². The Morgan fingerprint density at radius 2 is 1.70 bits per heavy atom. The van der Waals surface area contributed by atoms with Gasteiger partial charge in [-0.1, -0.05) is 43.3 Å². The van der Waals surface area contributed by atoms with Crippen molar-refractivity contribution in [3.05, 3.63) is 64.7 Å². The van der Waals surface area contributed by atoms with Crippen LogP contribution in [0, 0.1) is 6.92 Å². The van der Waals surface area contributed by atoms with Gasteiger partial charge in [-0.15, -0.1) is 0 Å². The van der Waals surface area contributed by atoms with Crippen LogP contribution in [0.1, 0.15) is 35.6 Å². The van der Waals surface area contributed by atoms with Crippen molar-refractivity contribution in [2.45, 2.75) is 40.0 Å². The first-order valence-electron chi connectivity index (χ1n) is 9.40. The molecule has 0 unspecified atom stereocenters. The second kappa shape index (κ2) is 11.2. The first-order valence-corrected chi connectivity index (χ1v) is 9.40. The van der Waals surface area contributed by atoms with E-state index in [-0.39, 0.29) is 0 Å². The van der Waals surface area contributed by atoms with Gasteiger partial charge < -0.3 is 20.1 Å². The Morgan fingerprint density at radius 3 is 2.37 bits per heavy atom. The lowest BCUT2D eigenvalue weighted by Crippen LogP contribution is -2.36. The normalized spacial score (nSPS) is 11.3. The van der Waals surface area contributed by atoms with E-state index >= 15 is 0 Å². The summed E-state index contributed by atoms with van der Waals surface area (Å²) < 4.78 is 11.2. The molecule has 0 radical (unpaired) electrons. The molecule has 5 heteroatoms. The summed E-state index contributed by atoms with van der Waals surface area (Å²) in [5.74, 6) is 1.64. The van der Waals surface area contributed by atoms with Gasteiger partial charge in [0.15, 0.2) is 5.96 Å². The smallest absolute Gasteiger partial charge is 0.191 e. The minimum Gasteiger partial charge on any atom is -0.496 e. The number of benzene rings is 2. The lowest BCUT2D eigenvalue weighted by molar-refractivity contribution is 0.121. The molecule has 0 aliphatic heterocycles. The molecule has 0 heterocycles. The topological polar surface area (TPSA) is 54.9 Å². The van der Waals surface area contributed by atoms with Crippen molar-refractivity contribution in [1.29, 1.82) is 0 Å². The molecule has 2 aromatic carbocycles. The van der Waals surface area contributed by atoms with Gasteiger partial charge in [0.1, 0.15) is 5.75 Å². The van der Waals surface area contributed by atoms with E-state index in [2.05, 4.69) is 53.7 Å². The van der Waals surface area contributed by atoms with Crippen molar-refractivity contribution in [2.75, 3.05) is 20.8 Å². The van der Waals surface area contributed by atoms with E-state index in [9.17, 15) is 0 Å². The Bertz CT molecular complexity index is 744. The maximum atomic E-state index is 5.70. The number of ether oxygens (including phenoxy) is 2. The highest BCUT2D eigenvalue weighted by molar-refractivity contribution is 5.79. The van der Waals surface area contributed by atoms with Crippen LogP contribution in [0.3, 0.4) is 0 Å². The third-order valence-electron chi connectivity index (χ3n) is 4.28. The molecule has 0 atom stereocenters. The third kappa shape index (κ3) is 6.61. The summed E-state index contributed by atoms with van der Waals surface area (Å²) in [4.78, 5) is 4.32. The standard InChI is InChI=1S/C22H31N3O2/c1-5-12-27-16-20-9-7-6-8-18(20)14-24-22(23-3)25-15-19-11-10-17(2)13-21(19)26-4/h6-11,13H,5,12,14-16H2,1-4H3,(H2,23,24,25). The van der Waals surface area contributed by atoms with Gasteiger partial charge in [0.25, 0.3) is 0 Å². The van der Waals surface area contributed by atoms with Gasteiger partial charge in [0.05, 0.1) is 13.7 Å². The Labute approximate surface area is 162 Å². The van der Waals surface area contributed by atoms with Crippen LogP contribution in [0.15, 0.2) is 47.5 Å². The predicted octanol–water partition coefficient (Wildman–Crippen LogP) is 3.80. The lowest BCUT2D eigenvalue weighted by Gasteiger charge is -2.16. The van der Waals surface area contributed by atoms with E-state index in [1.807, 2.05) is 18.2 Å². The quantitative estimate of drug-likeness (QED) is 0.401. The summed E-state index contributed by atoms with van der Waals surface area (Å²) in [7, 11) is 3.47. The number of aryl methyl sites for hydroxylation is 1. The molecular weight excluding hydrogens is 338 g/mol. The molecule has 0 aliphatic carbocycles. The van der Waals surface area contributed by atoms with Crippen LogP contribution in [0.25, 0.3) is 0 Å². The monoisotopic (exact) mass is 369 g/mol. The van der Waals surface area contributed by atoms with E-state index in [1.165, 1.54) is 16.7 Å². The largest absolute Gasteiger partial charge is 0.496 e. The Hall–Kier alpha value is -2.53. The highest BCUT2D eigenvalue weighted by Crippen LogP contribution is 2.19. The number of hydrogen-bond acceptors (Lipinski definition) is 3. The van der Waals surface area contributed by atoms with Gasteiger partial charge >= 0.3 is 0 Å². The van der Waals surface area contributed by atoms with Gasteiger partial charge in [-0.3, -0.25) is 4.99 Å². The Balaban J connectivity index is 1.93. The van der Waals surface area contributed by atoms with Crippen LogP contribution in [-0.2, 0) is 24.4 Å². The number of nitrogens with zero attached hydrogens (tertiary/aromatic N) is 1. The lowest BCUT2D eigenvalue weighted by atomic mass is 10.1. The van der Waals surface area contributed by atoms with Crippen molar-refractivity contribution in [1.82, 2.24) is 10.6 Å². The minimum absolute atomic E-state index is 0.637. The van der Waals surface area contributed by atoms with E-state index in [0.717, 1.165) is 30.3 Å². The molecule has 2 N–H and O–H groups in total. The molecule has 0 saturated carbocycles. The van der Waals surface area contributed by atoms with Crippen molar-refractivity contribution < 1.29 is 9.47 Å². The van der Waals surface area contributed by atoms with Gasteiger partial charge in [-0.05, 0) is 36.1 Å². The SMILES string of the molecule is CCCOCc1ccccc1CNC(=NC)NCc1ccc(C)cc1OC. The van der Waals surface area contributed by atoms with E-state index in [4.69, 9.17) is 9.47 Å². The summed E-state index contributed by atoms with van der Waals surface area (Å²) in [6.07, 6.45) is 1.03. The molecule has 0 bridgehead atoms. The Morgan fingerprint density at radius 1 is 1.00 bits per heavy atom. The zero-order valence-corrected chi connectivity index (χ0v) is 16.8. The number of aliphatic imine (C=N–C) groups is 1. The van der Waals surface area contributed by atoms with Gasteiger partial charge in [0.2, 0.25) is 0 Å². The number of hydrogen-bond donors (Lipinski definition) is 2. The van der Waals surface area contributed by atoms with Crippen LogP contribution >= 0.6 is 0 Å². The molecule has 5 nitrogen and oxygen atoms in total. The second-order valence-electron chi connectivity index (χ2n) is 6.42. The van der Waals surface area contributed by atoms with Crippen LogP contribution < -0.4 is 15.4 Å². The number of methoxy groups -OCH3 is 1. The molecule has 2 rings (SSSR count). The van der Waals surface area contributed by atoms with E-state index in [0.29, 0.717) is 19.7 Å². The zero-order valence-electron chi connectivity index (χ0n) is 16.8. The molecule has 0 spiro atoms. The summed E-state index contributed by atoms with van der Waals surface area (Å²) in [5, 5.41) is 6.73. The van der Waals surface area contributed by atoms with E-state index in [1.54, 1.807) is 14.2 Å². The van der Waals surface area contributed by atoms with Crippen LogP contribution in [-0.4, -0.2) is 26.7 Å². The highest BCUT2D eigenvalue weighted by atomic mass is 16.5. The molecule has 27 heavy (non-hydrogen) atoms. The number of guanidine groups is 1. The molecule has 146 valence electrons. The molecular formula is C22H31N3O2. The van der Waals surface area contributed by atoms with Gasteiger partial charge in [-0.25, -0.2) is 0 Å². The number of rotatable bonds is 9. The van der Waals surface area contributed by atoms with Gasteiger partial charge in [-0.2, -0.15) is 0 Å². The fourth-order valence-electron chi connectivity index (χ4n) is 2.77. The van der Waals surface area contributed by atoms with Crippen molar-refractivity contribution in [3.63, 3.8) is 0 Å². The minimum atomic E-state index is 0.637. The molecule has 0 saturated heterocycles. The molecule has 0 aliphatic rings. The zero-order chi connectivity index (χ0) is 19.5. The summed E-state index contributed by atoms with van der Waals surface area (Å²) >= 11 is 0. The van der Waals surface area contributed by atoms with Crippen LogP contribution in [0.5, 0.6) is 5.75 Å². The average Bonchev–Trinajstić information content (AvgIpc) is 2.70. The molecule has 2 aromatic rings. The maximum Gasteiger partial charge on any atom is 0.191 e. The molecule has 0 amide bonds. The third-order valence-corrected chi connectivity index (χ3v) is 4.28. The average molecular weight is 370 g/mol. The fourth-order valence-corrected chi connectivity index (χ4v) is 2.77. The molecule has 0 aromatic heterocycles. The predicted molar refractivity (Wildman–Crippen MR) is 111 cm³/mol. The summed E-state index contributed by atoms with van der Waals surface area (Å²) in [6.45, 7) is 6.93. The first kappa shape index (κ1) is 20.8. The Kier molecular flexibility index (Phi) is 8.65. The highest BCUT2D eigenvalue weighted by Gasteiger charge is 2.06. The van der Waals surface area contributed by atoms with Crippen LogP contribution in [0.4, 0.5) is 0 Å². The second-order valence-corrected chi connectivity index (χ2v) is 6.42. The summed E-state index contributed by atoms with van der Waals surface area (Å²) in [6, 6.07) is 14.5. The maximum absolute atomic E-state index is 5.70. The first-order chi connectivity index (χ1) is 13.2.